The molecule has 140 valence electrons. The van der Waals surface area contributed by atoms with Crippen molar-refractivity contribution in [2.45, 2.75) is 4.90 Å². The molecule has 0 saturated carbocycles. The number of pyridine rings is 1. The third-order valence-corrected chi connectivity index (χ3v) is 5.74. The van der Waals surface area contributed by atoms with Gasteiger partial charge >= 0.3 is 0 Å². The number of carbonyl (C=O) groups excluding carboxylic acids is 1. The Labute approximate surface area is 156 Å². The topological polar surface area (TPSA) is 112 Å². The lowest BCUT2D eigenvalue weighted by molar-refractivity contribution is 0.0748. The van der Waals surface area contributed by atoms with Crippen LogP contribution >= 0.6 is 0 Å². The molecule has 4 rings (SSSR count). The van der Waals surface area contributed by atoms with Gasteiger partial charge in [-0.25, -0.2) is 13.6 Å². The molecular formula is C18H19N5O3S. The highest BCUT2D eigenvalue weighted by Crippen LogP contribution is 2.26. The highest BCUT2D eigenvalue weighted by Gasteiger charge is 2.26. The van der Waals surface area contributed by atoms with Crippen LogP contribution in [0, 0.1) is 0 Å². The van der Waals surface area contributed by atoms with Gasteiger partial charge in [-0.1, -0.05) is 12.1 Å². The van der Waals surface area contributed by atoms with Gasteiger partial charge in [0.25, 0.3) is 5.91 Å². The lowest BCUT2D eigenvalue weighted by Crippen LogP contribution is -2.49. The second kappa shape index (κ2) is 6.67. The van der Waals surface area contributed by atoms with Crippen molar-refractivity contribution in [3.8, 4) is 0 Å². The van der Waals surface area contributed by atoms with Gasteiger partial charge in [-0.2, -0.15) is 0 Å². The minimum Gasteiger partial charge on any atom is -0.367 e. The van der Waals surface area contributed by atoms with E-state index in [1.807, 2.05) is 11.0 Å². The molecule has 27 heavy (non-hydrogen) atoms. The molecule has 2 aromatic heterocycles. The summed E-state index contributed by atoms with van der Waals surface area (Å²) in [6.45, 7) is 2.01. The number of para-hydroxylation sites is 1. The van der Waals surface area contributed by atoms with Crippen LogP contribution in [-0.2, 0) is 10.0 Å². The largest absolute Gasteiger partial charge is 0.367 e. The number of sulfonamides is 1. The van der Waals surface area contributed by atoms with Gasteiger partial charge in [0.2, 0.25) is 10.0 Å². The predicted octanol–water partition coefficient (Wildman–Crippen LogP) is 1.17. The first kappa shape index (κ1) is 17.5. The number of fused-ring (bicyclic) bond motifs is 1. The molecule has 3 heterocycles. The highest BCUT2D eigenvalue weighted by atomic mass is 32.2. The Morgan fingerprint density at radius 1 is 1.07 bits per heavy atom. The van der Waals surface area contributed by atoms with Crippen LogP contribution in [0.3, 0.4) is 0 Å². The van der Waals surface area contributed by atoms with Gasteiger partial charge in [0.05, 0.1) is 23.0 Å². The molecule has 1 amide bonds. The quantitative estimate of drug-likeness (QED) is 0.703. The summed E-state index contributed by atoms with van der Waals surface area (Å²) < 4.78 is 23.7. The number of nitrogens with two attached hydrogens (primary N) is 1. The monoisotopic (exact) mass is 385 g/mol. The zero-order chi connectivity index (χ0) is 19.0. The zero-order valence-electron chi connectivity index (χ0n) is 14.5. The molecule has 0 bridgehead atoms. The number of H-pyrrole nitrogens is 1. The van der Waals surface area contributed by atoms with Gasteiger partial charge < -0.3 is 14.8 Å². The number of primary sulfonamides is 1. The molecule has 3 N–H and O–H groups in total. The molecule has 9 heteroatoms. The van der Waals surface area contributed by atoms with E-state index in [1.165, 1.54) is 6.07 Å². The molecule has 1 aliphatic heterocycles. The number of aromatic nitrogens is 2. The van der Waals surface area contributed by atoms with E-state index >= 15 is 0 Å². The Kier molecular flexibility index (Phi) is 4.33. The summed E-state index contributed by atoms with van der Waals surface area (Å²) in [6, 6.07) is 8.53. The maximum Gasteiger partial charge on any atom is 0.256 e. The van der Waals surface area contributed by atoms with E-state index in [-0.39, 0.29) is 10.8 Å². The van der Waals surface area contributed by atoms with E-state index in [9.17, 15) is 13.2 Å². The fourth-order valence-corrected chi connectivity index (χ4v) is 4.19. The van der Waals surface area contributed by atoms with Gasteiger partial charge in [0.15, 0.2) is 0 Å². The van der Waals surface area contributed by atoms with Crippen molar-refractivity contribution >= 4 is 32.5 Å². The predicted molar refractivity (Wildman–Crippen MR) is 102 cm³/mol. The number of piperazine rings is 1. The van der Waals surface area contributed by atoms with Crippen molar-refractivity contribution in [2.24, 2.45) is 5.14 Å². The summed E-state index contributed by atoms with van der Waals surface area (Å²) >= 11 is 0. The number of rotatable bonds is 3. The van der Waals surface area contributed by atoms with Crippen molar-refractivity contribution in [1.82, 2.24) is 14.9 Å². The third-order valence-electron chi connectivity index (χ3n) is 4.79. The fourth-order valence-electron chi connectivity index (χ4n) is 3.43. The van der Waals surface area contributed by atoms with Crippen molar-refractivity contribution in [3.05, 3.63) is 54.5 Å². The number of carbonyl (C=O) groups is 1. The van der Waals surface area contributed by atoms with Crippen LogP contribution in [0.5, 0.6) is 0 Å². The second-order valence-electron chi connectivity index (χ2n) is 6.42. The molecule has 0 aliphatic carbocycles. The van der Waals surface area contributed by atoms with Gasteiger partial charge in [0, 0.05) is 44.0 Å². The fraction of sp³-hybridized carbons (Fsp3) is 0.222. The Balaban J connectivity index is 1.53. The zero-order valence-corrected chi connectivity index (χ0v) is 15.3. The molecule has 0 radical (unpaired) electrons. The molecule has 3 aromatic rings. The van der Waals surface area contributed by atoms with Crippen molar-refractivity contribution in [3.63, 3.8) is 0 Å². The van der Waals surface area contributed by atoms with Crippen LogP contribution in [0.2, 0.25) is 0 Å². The minimum atomic E-state index is -3.81. The number of hydrogen-bond acceptors (Lipinski definition) is 5. The van der Waals surface area contributed by atoms with Gasteiger partial charge in [-0.15, -0.1) is 0 Å². The molecule has 1 saturated heterocycles. The summed E-state index contributed by atoms with van der Waals surface area (Å²) in [5.74, 6) is -0.0768. The van der Waals surface area contributed by atoms with Crippen LogP contribution in [0.25, 0.3) is 10.9 Å². The third kappa shape index (κ3) is 3.26. The van der Waals surface area contributed by atoms with E-state index < -0.39 is 10.0 Å². The number of hydrogen-bond donors (Lipinski definition) is 2. The minimum absolute atomic E-state index is 0.0768. The normalized spacial score (nSPS) is 15.3. The van der Waals surface area contributed by atoms with Crippen LogP contribution in [0.15, 0.2) is 53.8 Å². The molecule has 0 atom stereocenters. The summed E-state index contributed by atoms with van der Waals surface area (Å²) in [4.78, 5) is 23.9. The Morgan fingerprint density at radius 3 is 2.56 bits per heavy atom. The number of aromatic amines is 1. The van der Waals surface area contributed by atoms with Crippen molar-refractivity contribution in [1.29, 1.82) is 0 Å². The van der Waals surface area contributed by atoms with Gasteiger partial charge in [-0.05, 0) is 18.2 Å². The first-order valence-corrected chi connectivity index (χ1v) is 10.1. The average molecular weight is 385 g/mol. The van der Waals surface area contributed by atoms with Crippen LogP contribution in [0.1, 0.15) is 10.4 Å². The summed E-state index contributed by atoms with van der Waals surface area (Å²) in [6.07, 6.45) is 5.06. The van der Waals surface area contributed by atoms with Crippen molar-refractivity contribution < 1.29 is 13.2 Å². The second-order valence-corrected chi connectivity index (χ2v) is 7.95. The number of amides is 1. The molecule has 0 spiro atoms. The molecular weight excluding hydrogens is 366 g/mol. The van der Waals surface area contributed by atoms with E-state index in [0.717, 1.165) is 10.9 Å². The average Bonchev–Trinajstić information content (AvgIpc) is 3.16. The van der Waals surface area contributed by atoms with Crippen molar-refractivity contribution in [2.75, 3.05) is 31.1 Å². The first-order chi connectivity index (χ1) is 12.9. The Hall–Kier alpha value is -2.91. The van der Waals surface area contributed by atoms with Gasteiger partial charge in [-0.3, -0.25) is 9.78 Å². The van der Waals surface area contributed by atoms with E-state index in [0.29, 0.717) is 37.4 Å². The van der Waals surface area contributed by atoms with E-state index in [1.54, 1.807) is 41.7 Å². The SMILES string of the molecule is NS(=O)(=O)c1ccccc1N1CCN(C(=O)c2cncc3[nH]ccc23)CC1. The maximum atomic E-state index is 12.9. The molecule has 8 nitrogen and oxygen atoms in total. The maximum absolute atomic E-state index is 12.9. The van der Waals surface area contributed by atoms with E-state index in [4.69, 9.17) is 5.14 Å². The van der Waals surface area contributed by atoms with Crippen LogP contribution in [0.4, 0.5) is 5.69 Å². The summed E-state index contributed by atoms with van der Waals surface area (Å²) in [7, 11) is -3.81. The molecule has 1 aromatic carbocycles. The highest BCUT2D eigenvalue weighted by molar-refractivity contribution is 7.89. The Morgan fingerprint density at radius 2 is 1.81 bits per heavy atom. The summed E-state index contributed by atoms with van der Waals surface area (Å²) in [5, 5.41) is 6.17. The molecule has 1 fully saturated rings. The first-order valence-electron chi connectivity index (χ1n) is 8.52. The van der Waals surface area contributed by atoms with Gasteiger partial charge in [0.1, 0.15) is 4.90 Å². The number of anilines is 1. The van der Waals surface area contributed by atoms with Crippen LogP contribution in [-0.4, -0.2) is 55.4 Å². The Bertz CT molecular complexity index is 1100. The lowest BCUT2D eigenvalue weighted by Gasteiger charge is -2.36. The standard InChI is InChI=1S/C18H19N5O3S/c19-27(25,26)17-4-2-1-3-16(17)22-7-9-23(10-8-22)18(24)14-11-20-12-15-13(14)5-6-21-15/h1-6,11-12,21H,7-10H2,(H2,19,25,26). The number of nitrogens with one attached hydrogen (secondary N) is 1. The van der Waals surface area contributed by atoms with E-state index in [2.05, 4.69) is 9.97 Å². The summed E-state index contributed by atoms with van der Waals surface area (Å²) in [5.41, 5.74) is 1.95. The number of benzene rings is 1. The number of nitrogens with zero attached hydrogens (tertiary/aromatic N) is 3. The lowest BCUT2D eigenvalue weighted by atomic mass is 10.1. The molecule has 0 unspecified atom stereocenters. The molecule has 1 aliphatic rings. The smallest absolute Gasteiger partial charge is 0.256 e. The van der Waals surface area contributed by atoms with Crippen LogP contribution < -0.4 is 10.0 Å².